The number of hydrogen-bond donors (Lipinski definition) is 3. The largest absolute Gasteiger partial charge is 0.508 e. The third kappa shape index (κ3) is 4.26. The molecular formula is C23H25N3O4. The number of ether oxygens (including phenoxy) is 2. The van der Waals surface area contributed by atoms with Crippen molar-refractivity contribution in [2.24, 2.45) is 0 Å². The zero-order valence-corrected chi connectivity index (χ0v) is 16.9. The molecule has 2 aromatic carbocycles. The molecule has 0 saturated carbocycles. The van der Waals surface area contributed by atoms with Gasteiger partial charge in [0.2, 0.25) is 0 Å². The van der Waals surface area contributed by atoms with Gasteiger partial charge in [0.25, 0.3) is 0 Å². The van der Waals surface area contributed by atoms with Crippen LogP contribution in [0.3, 0.4) is 0 Å². The van der Waals surface area contributed by atoms with E-state index in [4.69, 9.17) is 19.3 Å². The molecule has 3 N–H and O–H groups in total. The van der Waals surface area contributed by atoms with Crippen molar-refractivity contribution < 1.29 is 19.0 Å². The molecule has 4 rings (SSSR count). The van der Waals surface area contributed by atoms with Gasteiger partial charge in [0.1, 0.15) is 23.7 Å². The van der Waals surface area contributed by atoms with Gasteiger partial charge in [-0.1, -0.05) is 6.58 Å². The molecule has 0 radical (unpaired) electrons. The van der Waals surface area contributed by atoms with Crippen LogP contribution >= 0.6 is 0 Å². The van der Waals surface area contributed by atoms with E-state index >= 15 is 0 Å². The Hall–Kier alpha value is -3.45. The predicted molar refractivity (Wildman–Crippen MR) is 115 cm³/mol. The molecule has 0 amide bonds. The van der Waals surface area contributed by atoms with E-state index in [2.05, 4.69) is 16.8 Å². The highest BCUT2D eigenvalue weighted by atomic mass is 16.5. The van der Waals surface area contributed by atoms with Crippen LogP contribution in [0.1, 0.15) is 0 Å². The molecule has 1 aliphatic rings. The fourth-order valence-electron chi connectivity index (χ4n) is 3.50. The van der Waals surface area contributed by atoms with Crippen LogP contribution in [-0.4, -0.2) is 49.9 Å². The molecule has 0 unspecified atom stereocenters. The molecule has 1 saturated heterocycles. The lowest BCUT2D eigenvalue weighted by atomic mass is 10.1. The number of piperazine rings is 1. The maximum atomic E-state index is 9.51. The van der Waals surface area contributed by atoms with E-state index in [9.17, 15) is 5.11 Å². The van der Waals surface area contributed by atoms with Crippen LogP contribution in [0.4, 0.5) is 0 Å². The Balaban J connectivity index is 1.59. The number of hydrogen-bond acceptors (Lipinski definition) is 7. The summed E-state index contributed by atoms with van der Waals surface area (Å²) in [6.07, 6.45) is 0. The highest BCUT2D eigenvalue weighted by Gasteiger charge is 2.15. The van der Waals surface area contributed by atoms with Crippen molar-refractivity contribution >= 4 is 11.0 Å². The molecule has 0 aliphatic carbocycles. The fraction of sp³-hybridized carbons (Fsp3) is 0.261. The molecular weight excluding hydrogens is 382 g/mol. The number of benzene rings is 2. The number of nitrogens with one attached hydrogen (secondary N) is 2. The number of rotatable bonds is 6. The van der Waals surface area contributed by atoms with Crippen LogP contribution in [0, 0.1) is 5.41 Å². The fourth-order valence-corrected chi connectivity index (χ4v) is 3.50. The van der Waals surface area contributed by atoms with E-state index in [1.54, 1.807) is 49.6 Å². The van der Waals surface area contributed by atoms with Gasteiger partial charge >= 0.3 is 0 Å². The summed E-state index contributed by atoms with van der Waals surface area (Å²) < 4.78 is 17.5. The molecule has 30 heavy (non-hydrogen) atoms. The summed E-state index contributed by atoms with van der Waals surface area (Å²) >= 11 is 0. The Bertz CT molecular complexity index is 1120. The Morgan fingerprint density at radius 1 is 1.20 bits per heavy atom. The van der Waals surface area contributed by atoms with Crippen molar-refractivity contribution in [3.8, 4) is 28.6 Å². The van der Waals surface area contributed by atoms with Gasteiger partial charge < -0.3 is 24.3 Å². The van der Waals surface area contributed by atoms with Crippen LogP contribution in [0.15, 0.2) is 59.2 Å². The number of fused-ring (bicyclic) bond motifs is 1. The second-order valence-electron chi connectivity index (χ2n) is 7.23. The van der Waals surface area contributed by atoms with E-state index in [1.807, 2.05) is 0 Å². The first-order valence-electron chi connectivity index (χ1n) is 9.80. The first-order chi connectivity index (χ1) is 14.5. The van der Waals surface area contributed by atoms with Crippen molar-refractivity contribution in [1.82, 2.24) is 10.2 Å². The Kier molecular flexibility index (Phi) is 5.63. The quantitative estimate of drug-likeness (QED) is 0.582. The molecule has 0 atom stereocenters. The summed E-state index contributed by atoms with van der Waals surface area (Å²) in [5.41, 5.74) is 2.34. The van der Waals surface area contributed by atoms with Crippen molar-refractivity contribution in [2.75, 3.05) is 39.9 Å². The SMILES string of the molecule is C=C1CN(CCOc2cc3oc(-c4ccc(O)cc4)cc(=N)c3cc2OC)CCN1. The lowest BCUT2D eigenvalue weighted by Gasteiger charge is -2.29. The number of phenolic OH excluding ortho intramolecular Hbond substituents is 1. The summed E-state index contributed by atoms with van der Waals surface area (Å²) in [4.78, 5) is 2.28. The standard InChI is InChI=1S/C23H25N3O4/c1-15-14-26(8-7-25-15)9-10-29-23-13-21-18(11-22(23)28-2)19(24)12-20(30-21)16-3-5-17(27)6-4-16/h3-6,11-13,24-25,27H,1,7-10,14H2,2H3. The highest BCUT2D eigenvalue weighted by Crippen LogP contribution is 2.33. The summed E-state index contributed by atoms with van der Waals surface area (Å²) in [5.74, 6) is 1.86. The minimum Gasteiger partial charge on any atom is -0.508 e. The Morgan fingerprint density at radius 2 is 2.00 bits per heavy atom. The van der Waals surface area contributed by atoms with Crippen molar-refractivity contribution in [1.29, 1.82) is 5.41 Å². The Labute approximate surface area is 174 Å². The topological polar surface area (TPSA) is 91.0 Å². The van der Waals surface area contributed by atoms with Gasteiger partial charge in [-0.2, -0.15) is 0 Å². The summed E-state index contributed by atoms with van der Waals surface area (Å²) in [6.45, 7) is 7.91. The van der Waals surface area contributed by atoms with Crippen molar-refractivity contribution in [3.05, 3.63) is 60.1 Å². The van der Waals surface area contributed by atoms with Crippen LogP contribution in [0.25, 0.3) is 22.3 Å². The monoisotopic (exact) mass is 407 g/mol. The normalized spacial score (nSPS) is 14.5. The van der Waals surface area contributed by atoms with Crippen LogP contribution in [-0.2, 0) is 0 Å². The molecule has 7 heteroatoms. The maximum absolute atomic E-state index is 9.51. The zero-order chi connectivity index (χ0) is 21.1. The second kappa shape index (κ2) is 8.51. The van der Waals surface area contributed by atoms with Gasteiger partial charge in [0, 0.05) is 55.0 Å². The van der Waals surface area contributed by atoms with E-state index in [0.717, 1.165) is 37.4 Å². The average molecular weight is 407 g/mol. The average Bonchev–Trinajstić information content (AvgIpc) is 2.74. The van der Waals surface area contributed by atoms with Gasteiger partial charge in [-0.15, -0.1) is 0 Å². The molecule has 156 valence electrons. The molecule has 0 bridgehead atoms. The predicted octanol–water partition coefficient (Wildman–Crippen LogP) is 3.09. The van der Waals surface area contributed by atoms with E-state index in [0.29, 0.717) is 40.2 Å². The summed E-state index contributed by atoms with van der Waals surface area (Å²) in [7, 11) is 1.58. The lowest BCUT2D eigenvalue weighted by molar-refractivity contribution is 0.202. The number of methoxy groups -OCH3 is 1. The van der Waals surface area contributed by atoms with Gasteiger partial charge in [-0.3, -0.25) is 10.3 Å². The van der Waals surface area contributed by atoms with E-state index in [1.165, 1.54) is 0 Å². The van der Waals surface area contributed by atoms with Gasteiger partial charge in [0.05, 0.1) is 12.5 Å². The first kappa shape index (κ1) is 19.8. The number of phenols is 1. The molecule has 1 aliphatic heterocycles. The van der Waals surface area contributed by atoms with Crippen molar-refractivity contribution in [3.63, 3.8) is 0 Å². The van der Waals surface area contributed by atoms with Gasteiger partial charge in [-0.05, 0) is 30.3 Å². The maximum Gasteiger partial charge on any atom is 0.164 e. The second-order valence-corrected chi connectivity index (χ2v) is 7.23. The smallest absolute Gasteiger partial charge is 0.164 e. The van der Waals surface area contributed by atoms with Gasteiger partial charge in [-0.25, -0.2) is 0 Å². The van der Waals surface area contributed by atoms with Crippen molar-refractivity contribution in [2.45, 2.75) is 0 Å². The molecule has 7 nitrogen and oxygen atoms in total. The molecule has 2 heterocycles. The Morgan fingerprint density at radius 3 is 2.73 bits per heavy atom. The minimum atomic E-state index is 0.180. The molecule has 0 spiro atoms. The van der Waals surface area contributed by atoms with Crippen LogP contribution in [0.5, 0.6) is 17.2 Å². The number of nitrogens with zero attached hydrogens (tertiary/aromatic N) is 1. The van der Waals surface area contributed by atoms with E-state index < -0.39 is 0 Å². The molecule has 3 aromatic rings. The highest BCUT2D eigenvalue weighted by molar-refractivity contribution is 5.82. The summed E-state index contributed by atoms with van der Waals surface area (Å²) in [6, 6.07) is 11.9. The summed E-state index contributed by atoms with van der Waals surface area (Å²) in [5, 5.41) is 22.1. The minimum absolute atomic E-state index is 0.180. The number of aromatic hydroxyl groups is 1. The third-order valence-electron chi connectivity index (χ3n) is 5.09. The molecule has 1 aromatic heterocycles. The molecule has 1 fully saturated rings. The zero-order valence-electron chi connectivity index (χ0n) is 16.9. The lowest BCUT2D eigenvalue weighted by Crippen LogP contribution is -2.43. The first-order valence-corrected chi connectivity index (χ1v) is 9.80. The van der Waals surface area contributed by atoms with Gasteiger partial charge in [0.15, 0.2) is 11.5 Å². The van der Waals surface area contributed by atoms with Crippen LogP contribution in [0.2, 0.25) is 0 Å². The van der Waals surface area contributed by atoms with E-state index in [-0.39, 0.29) is 5.75 Å². The van der Waals surface area contributed by atoms with Crippen LogP contribution < -0.4 is 20.1 Å². The third-order valence-corrected chi connectivity index (χ3v) is 5.09.